The largest absolute Gasteiger partial charge is 0.494 e. The lowest BCUT2D eigenvalue weighted by molar-refractivity contribution is -0.123. The highest BCUT2D eigenvalue weighted by molar-refractivity contribution is 5.81. The Kier molecular flexibility index (Phi) is 6.07. The Morgan fingerprint density at radius 3 is 2.57 bits per heavy atom. The van der Waals surface area contributed by atoms with Crippen molar-refractivity contribution in [1.82, 2.24) is 14.9 Å². The Morgan fingerprint density at radius 1 is 1.13 bits per heavy atom. The van der Waals surface area contributed by atoms with E-state index in [0.29, 0.717) is 12.5 Å². The van der Waals surface area contributed by atoms with Crippen LogP contribution >= 0.6 is 0 Å². The molecule has 5 heteroatoms. The van der Waals surface area contributed by atoms with Crippen LogP contribution in [0.1, 0.15) is 63.4 Å². The van der Waals surface area contributed by atoms with Gasteiger partial charge in [-0.05, 0) is 61.9 Å². The number of aryl methyl sites for hydroxylation is 1. The van der Waals surface area contributed by atoms with E-state index in [1.807, 2.05) is 37.3 Å². The molecule has 1 heterocycles. The molecule has 3 aromatic rings. The molecule has 1 aromatic heterocycles. The minimum Gasteiger partial charge on any atom is -0.494 e. The second-order valence-corrected chi connectivity index (χ2v) is 8.54. The van der Waals surface area contributed by atoms with E-state index in [1.54, 1.807) is 0 Å². The Morgan fingerprint density at radius 2 is 1.87 bits per heavy atom. The van der Waals surface area contributed by atoms with Crippen molar-refractivity contribution in [1.29, 1.82) is 0 Å². The molecule has 1 unspecified atom stereocenters. The number of carbonyl (C=O) groups is 1. The lowest BCUT2D eigenvalue weighted by Gasteiger charge is -2.16. The van der Waals surface area contributed by atoms with Crippen LogP contribution in [0, 0.1) is 5.92 Å². The van der Waals surface area contributed by atoms with Gasteiger partial charge in [0.2, 0.25) is 5.91 Å². The maximum Gasteiger partial charge on any atom is 0.223 e. The number of hydrogen-bond acceptors (Lipinski definition) is 3. The first-order chi connectivity index (χ1) is 14.5. The van der Waals surface area contributed by atoms with E-state index in [-0.39, 0.29) is 17.9 Å². The van der Waals surface area contributed by atoms with Gasteiger partial charge in [0.25, 0.3) is 0 Å². The zero-order valence-corrected chi connectivity index (χ0v) is 18.1. The van der Waals surface area contributed by atoms with E-state index in [0.717, 1.165) is 48.4 Å². The topological polar surface area (TPSA) is 56.1 Å². The van der Waals surface area contributed by atoms with Gasteiger partial charge in [-0.15, -0.1) is 0 Å². The van der Waals surface area contributed by atoms with Crippen LogP contribution in [0.2, 0.25) is 0 Å². The molecular formula is C25H31N3O2. The van der Waals surface area contributed by atoms with Gasteiger partial charge in [-0.25, -0.2) is 4.98 Å². The number of imidazole rings is 1. The van der Waals surface area contributed by atoms with E-state index in [9.17, 15) is 4.79 Å². The highest BCUT2D eigenvalue weighted by Crippen LogP contribution is 2.30. The second-order valence-electron chi connectivity index (χ2n) is 8.54. The molecular weight excluding hydrogens is 374 g/mol. The molecule has 158 valence electrons. The van der Waals surface area contributed by atoms with Crippen LogP contribution in [0.25, 0.3) is 11.0 Å². The Hall–Kier alpha value is -2.82. The lowest BCUT2D eigenvalue weighted by atomic mass is 10.0. The van der Waals surface area contributed by atoms with Crippen LogP contribution in [-0.2, 0) is 11.3 Å². The number of carbonyl (C=O) groups excluding carboxylic acids is 1. The summed E-state index contributed by atoms with van der Waals surface area (Å²) in [5.41, 5.74) is 3.38. The number of nitrogens with zero attached hydrogens (tertiary/aromatic N) is 2. The van der Waals surface area contributed by atoms with Crippen LogP contribution in [-0.4, -0.2) is 22.1 Å². The number of ether oxygens (including phenoxy) is 1. The highest BCUT2D eigenvalue weighted by Gasteiger charge is 2.31. The number of aromatic nitrogens is 2. The van der Waals surface area contributed by atoms with Crippen molar-refractivity contribution in [2.45, 2.75) is 58.5 Å². The molecule has 1 amide bonds. The summed E-state index contributed by atoms with van der Waals surface area (Å²) < 4.78 is 8.17. The van der Waals surface area contributed by atoms with E-state index in [2.05, 4.69) is 41.9 Å². The standard InChI is InChI=1S/C25H31N3O2/c1-17(2)19-11-13-21(14-12-19)30-16-6-15-28-23-8-5-4-7-22(23)27-24(28)18(3)26-25(29)20-9-10-20/h4-5,7-8,11-14,17-18,20H,6,9-10,15-16H2,1-3H3,(H,26,29). The van der Waals surface area contributed by atoms with E-state index < -0.39 is 0 Å². The van der Waals surface area contributed by atoms with Crippen LogP contribution in [0.15, 0.2) is 48.5 Å². The minimum atomic E-state index is -0.116. The molecule has 0 bridgehead atoms. The first kappa shape index (κ1) is 20.5. The number of fused-ring (bicyclic) bond motifs is 1. The summed E-state index contributed by atoms with van der Waals surface area (Å²) in [6.45, 7) is 7.83. The predicted molar refractivity (Wildman–Crippen MR) is 120 cm³/mol. The van der Waals surface area contributed by atoms with Gasteiger partial charge in [0.05, 0.1) is 23.7 Å². The van der Waals surface area contributed by atoms with Gasteiger partial charge in [0.15, 0.2) is 0 Å². The van der Waals surface area contributed by atoms with Crippen molar-refractivity contribution < 1.29 is 9.53 Å². The van der Waals surface area contributed by atoms with Gasteiger partial charge in [-0.1, -0.05) is 38.1 Å². The summed E-state index contributed by atoms with van der Waals surface area (Å²) in [6.07, 6.45) is 2.87. The number of benzene rings is 2. The monoisotopic (exact) mass is 405 g/mol. The molecule has 4 rings (SSSR count). The van der Waals surface area contributed by atoms with E-state index in [4.69, 9.17) is 9.72 Å². The molecule has 1 aliphatic rings. The van der Waals surface area contributed by atoms with E-state index in [1.165, 1.54) is 5.56 Å². The fourth-order valence-electron chi connectivity index (χ4n) is 3.76. The van der Waals surface area contributed by atoms with Crippen LogP contribution in [0.4, 0.5) is 0 Å². The quantitative estimate of drug-likeness (QED) is 0.497. The van der Waals surface area contributed by atoms with Gasteiger partial charge in [-0.2, -0.15) is 0 Å². The Bertz CT molecular complexity index is 1000. The molecule has 2 aromatic carbocycles. The van der Waals surface area contributed by atoms with Gasteiger partial charge >= 0.3 is 0 Å². The lowest BCUT2D eigenvalue weighted by Crippen LogP contribution is -2.30. The molecule has 1 atom stereocenters. The van der Waals surface area contributed by atoms with Crippen LogP contribution in [0.3, 0.4) is 0 Å². The fourth-order valence-corrected chi connectivity index (χ4v) is 3.76. The summed E-state index contributed by atoms with van der Waals surface area (Å²) in [5, 5.41) is 3.14. The third kappa shape index (κ3) is 4.66. The van der Waals surface area contributed by atoms with Gasteiger partial charge in [-0.3, -0.25) is 4.79 Å². The minimum absolute atomic E-state index is 0.116. The predicted octanol–water partition coefficient (Wildman–Crippen LogP) is 5.22. The average molecular weight is 406 g/mol. The number of para-hydroxylation sites is 2. The van der Waals surface area contributed by atoms with Gasteiger partial charge < -0.3 is 14.6 Å². The number of rotatable bonds is 9. The molecule has 1 N–H and O–H groups in total. The molecule has 30 heavy (non-hydrogen) atoms. The van der Waals surface area contributed by atoms with Crippen LogP contribution in [0.5, 0.6) is 5.75 Å². The molecule has 1 fully saturated rings. The fraction of sp³-hybridized carbons (Fsp3) is 0.440. The Labute approximate surface area is 178 Å². The SMILES string of the molecule is CC(C)c1ccc(OCCCn2c(C(C)NC(=O)C3CC3)nc3ccccc32)cc1. The van der Waals surface area contributed by atoms with Gasteiger partial charge in [0.1, 0.15) is 11.6 Å². The molecule has 0 spiro atoms. The first-order valence-electron chi connectivity index (χ1n) is 11.0. The number of amides is 1. The molecule has 5 nitrogen and oxygen atoms in total. The van der Waals surface area contributed by atoms with Crippen molar-refractivity contribution in [2.24, 2.45) is 5.92 Å². The Balaban J connectivity index is 1.41. The normalized spacial score (nSPS) is 14.8. The van der Waals surface area contributed by atoms with Gasteiger partial charge in [0, 0.05) is 12.5 Å². The zero-order chi connectivity index (χ0) is 21.1. The van der Waals surface area contributed by atoms with E-state index >= 15 is 0 Å². The maximum atomic E-state index is 12.2. The molecule has 0 aliphatic heterocycles. The third-order valence-electron chi connectivity index (χ3n) is 5.72. The number of hydrogen-bond donors (Lipinski definition) is 1. The summed E-state index contributed by atoms with van der Waals surface area (Å²) >= 11 is 0. The highest BCUT2D eigenvalue weighted by atomic mass is 16.5. The summed E-state index contributed by atoms with van der Waals surface area (Å²) in [7, 11) is 0. The molecule has 1 aliphatic carbocycles. The summed E-state index contributed by atoms with van der Waals surface area (Å²) in [5.74, 6) is 2.68. The summed E-state index contributed by atoms with van der Waals surface area (Å²) in [6, 6.07) is 16.4. The smallest absolute Gasteiger partial charge is 0.223 e. The second kappa shape index (κ2) is 8.90. The van der Waals surface area contributed by atoms with Crippen molar-refractivity contribution in [2.75, 3.05) is 6.61 Å². The molecule has 1 saturated carbocycles. The van der Waals surface area contributed by atoms with Crippen molar-refractivity contribution in [3.8, 4) is 5.75 Å². The van der Waals surface area contributed by atoms with Crippen molar-refractivity contribution >= 4 is 16.9 Å². The molecule has 0 radical (unpaired) electrons. The molecule has 0 saturated heterocycles. The summed E-state index contributed by atoms with van der Waals surface area (Å²) in [4.78, 5) is 17.0. The third-order valence-corrected chi connectivity index (χ3v) is 5.72. The van der Waals surface area contributed by atoms with Crippen molar-refractivity contribution in [3.63, 3.8) is 0 Å². The first-order valence-corrected chi connectivity index (χ1v) is 11.0. The van der Waals surface area contributed by atoms with Crippen molar-refractivity contribution in [3.05, 3.63) is 59.9 Å². The van der Waals surface area contributed by atoms with Crippen LogP contribution < -0.4 is 10.1 Å². The zero-order valence-electron chi connectivity index (χ0n) is 18.1. The number of nitrogens with one attached hydrogen (secondary N) is 1. The average Bonchev–Trinajstić information content (AvgIpc) is 3.53. The maximum absolute atomic E-state index is 12.2.